The van der Waals surface area contributed by atoms with Gasteiger partial charge in [0.2, 0.25) is 5.95 Å². The number of aromatic nitrogens is 4. The first kappa shape index (κ1) is 17.2. The lowest BCUT2D eigenvalue weighted by atomic mass is 10.1. The summed E-state index contributed by atoms with van der Waals surface area (Å²) in [4.78, 5) is 21.9. The first-order valence-corrected chi connectivity index (χ1v) is 8.60. The molecule has 2 aromatic heterocycles. The lowest BCUT2D eigenvalue weighted by Gasteiger charge is -2.21. The van der Waals surface area contributed by atoms with Gasteiger partial charge in [0, 0.05) is 13.6 Å². The van der Waals surface area contributed by atoms with E-state index in [4.69, 9.17) is 0 Å². The number of aromatic amines is 1. The van der Waals surface area contributed by atoms with Crippen LogP contribution in [0.25, 0.3) is 11.0 Å². The molecule has 0 saturated heterocycles. The SMILES string of the molecule is CN(CCCc1ccccc1)c1nc2c(cnn2C(C)(C)C)c(=O)[nH]1. The molecule has 0 aliphatic heterocycles. The Kier molecular flexibility index (Phi) is 4.61. The Morgan fingerprint density at radius 2 is 1.92 bits per heavy atom. The highest BCUT2D eigenvalue weighted by Gasteiger charge is 2.20. The predicted octanol–water partition coefficient (Wildman–Crippen LogP) is 2.94. The maximum atomic E-state index is 12.4. The van der Waals surface area contributed by atoms with Crippen LogP contribution in [-0.2, 0) is 12.0 Å². The van der Waals surface area contributed by atoms with Gasteiger partial charge in [-0.25, -0.2) is 4.68 Å². The summed E-state index contributed by atoms with van der Waals surface area (Å²) >= 11 is 0. The average molecular weight is 339 g/mol. The molecule has 1 aromatic carbocycles. The molecule has 0 unspecified atom stereocenters. The number of nitrogens with zero attached hydrogens (tertiary/aromatic N) is 4. The van der Waals surface area contributed by atoms with Crippen molar-refractivity contribution < 1.29 is 0 Å². The number of benzene rings is 1. The number of nitrogens with one attached hydrogen (secondary N) is 1. The summed E-state index contributed by atoms with van der Waals surface area (Å²) in [6.07, 6.45) is 3.57. The third-order valence-corrected chi connectivity index (χ3v) is 4.22. The molecule has 0 aliphatic carbocycles. The molecule has 1 N–H and O–H groups in total. The number of hydrogen-bond acceptors (Lipinski definition) is 4. The van der Waals surface area contributed by atoms with Gasteiger partial charge in [0.15, 0.2) is 5.65 Å². The van der Waals surface area contributed by atoms with Crippen LogP contribution >= 0.6 is 0 Å². The standard InChI is InChI=1S/C19H25N5O/c1-19(2,3)24-16-15(13-20-24)17(25)22-18(21-16)23(4)12-8-11-14-9-6-5-7-10-14/h5-7,9-10,13H,8,11-12H2,1-4H3,(H,21,22,25). The lowest BCUT2D eigenvalue weighted by molar-refractivity contribution is 0.366. The number of H-pyrrole nitrogens is 1. The maximum absolute atomic E-state index is 12.4. The van der Waals surface area contributed by atoms with Crippen molar-refractivity contribution in [2.24, 2.45) is 0 Å². The highest BCUT2D eigenvalue weighted by molar-refractivity contribution is 5.74. The Labute approximate surface area is 147 Å². The lowest BCUT2D eigenvalue weighted by Crippen LogP contribution is -2.27. The number of hydrogen-bond donors (Lipinski definition) is 1. The van der Waals surface area contributed by atoms with E-state index in [0.29, 0.717) is 17.0 Å². The zero-order valence-electron chi connectivity index (χ0n) is 15.3. The first-order chi connectivity index (χ1) is 11.9. The van der Waals surface area contributed by atoms with Crippen molar-refractivity contribution in [2.45, 2.75) is 39.2 Å². The van der Waals surface area contributed by atoms with E-state index in [0.717, 1.165) is 19.4 Å². The first-order valence-electron chi connectivity index (χ1n) is 8.60. The van der Waals surface area contributed by atoms with Crippen LogP contribution in [0.2, 0.25) is 0 Å². The van der Waals surface area contributed by atoms with Crippen LogP contribution in [0.1, 0.15) is 32.8 Å². The summed E-state index contributed by atoms with van der Waals surface area (Å²) < 4.78 is 1.80. The fourth-order valence-electron chi connectivity index (χ4n) is 2.85. The van der Waals surface area contributed by atoms with E-state index in [1.807, 2.05) is 38.8 Å². The molecule has 0 spiro atoms. The van der Waals surface area contributed by atoms with Crippen molar-refractivity contribution in [1.29, 1.82) is 0 Å². The van der Waals surface area contributed by atoms with Crippen LogP contribution in [0.4, 0.5) is 5.95 Å². The van der Waals surface area contributed by atoms with Crippen LogP contribution in [0.3, 0.4) is 0 Å². The second-order valence-corrected chi connectivity index (χ2v) is 7.36. The quantitative estimate of drug-likeness (QED) is 0.776. The van der Waals surface area contributed by atoms with Gasteiger partial charge < -0.3 is 4.90 Å². The van der Waals surface area contributed by atoms with Crippen LogP contribution in [0.15, 0.2) is 41.3 Å². The van der Waals surface area contributed by atoms with Gasteiger partial charge in [0.05, 0.1) is 11.7 Å². The van der Waals surface area contributed by atoms with E-state index in [2.05, 4.69) is 39.3 Å². The highest BCUT2D eigenvalue weighted by Crippen LogP contribution is 2.19. The predicted molar refractivity (Wildman–Crippen MR) is 101 cm³/mol. The molecule has 132 valence electrons. The van der Waals surface area contributed by atoms with Crippen molar-refractivity contribution in [3.8, 4) is 0 Å². The summed E-state index contributed by atoms with van der Waals surface area (Å²) in [6, 6.07) is 10.4. The van der Waals surface area contributed by atoms with Crippen molar-refractivity contribution in [3.63, 3.8) is 0 Å². The Bertz CT molecular complexity index is 905. The van der Waals surface area contributed by atoms with Crippen LogP contribution in [-0.4, -0.2) is 33.3 Å². The molecule has 0 aliphatic rings. The zero-order valence-corrected chi connectivity index (χ0v) is 15.3. The molecule has 0 bridgehead atoms. The normalized spacial score (nSPS) is 11.8. The second-order valence-electron chi connectivity index (χ2n) is 7.36. The molecule has 3 rings (SSSR count). The van der Waals surface area contributed by atoms with E-state index in [1.54, 1.807) is 10.9 Å². The number of fused-ring (bicyclic) bond motifs is 1. The fraction of sp³-hybridized carbons (Fsp3) is 0.421. The molecule has 0 atom stereocenters. The van der Waals surface area contributed by atoms with E-state index >= 15 is 0 Å². The largest absolute Gasteiger partial charge is 0.345 e. The number of rotatable bonds is 5. The minimum atomic E-state index is -0.230. The Morgan fingerprint density at radius 3 is 2.60 bits per heavy atom. The molecule has 0 amide bonds. The zero-order chi connectivity index (χ0) is 18.0. The van der Waals surface area contributed by atoms with Gasteiger partial charge in [0.1, 0.15) is 5.39 Å². The van der Waals surface area contributed by atoms with E-state index in [9.17, 15) is 4.79 Å². The molecule has 2 heterocycles. The molecular formula is C19H25N5O. The van der Waals surface area contributed by atoms with Crippen LogP contribution < -0.4 is 10.5 Å². The summed E-state index contributed by atoms with van der Waals surface area (Å²) in [5.74, 6) is 0.580. The topological polar surface area (TPSA) is 66.8 Å². The summed E-state index contributed by atoms with van der Waals surface area (Å²) in [6.45, 7) is 6.95. The van der Waals surface area contributed by atoms with Gasteiger partial charge in [-0.3, -0.25) is 9.78 Å². The summed E-state index contributed by atoms with van der Waals surface area (Å²) in [7, 11) is 1.95. The van der Waals surface area contributed by atoms with E-state index < -0.39 is 0 Å². The van der Waals surface area contributed by atoms with Crippen molar-refractivity contribution in [2.75, 3.05) is 18.5 Å². The Hall–Kier alpha value is -2.63. The van der Waals surface area contributed by atoms with Gasteiger partial charge in [-0.15, -0.1) is 0 Å². The molecular weight excluding hydrogens is 314 g/mol. The van der Waals surface area contributed by atoms with Gasteiger partial charge in [-0.1, -0.05) is 30.3 Å². The summed E-state index contributed by atoms with van der Waals surface area (Å²) in [5.41, 5.74) is 1.57. The third kappa shape index (κ3) is 3.73. The third-order valence-electron chi connectivity index (χ3n) is 4.22. The van der Waals surface area contributed by atoms with Crippen molar-refractivity contribution in [3.05, 3.63) is 52.4 Å². The summed E-state index contributed by atoms with van der Waals surface area (Å²) in [5, 5.41) is 4.87. The molecule has 0 radical (unpaired) electrons. The molecule has 0 fully saturated rings. The fourth-order valence-corrected chi connectivity index (χ4v) is 2.85. The van der Waals surface area contributed by atoms with E-state index in [-0.39, 0.29) is 11.1 Å². The Balaban J connectivity index is 1.79. The second kappa shape index (κ2) is 6.70. The molecule has 3 aromatic rings. The molecule has 6 heteroatoms. The Morgan fingerprint density at radius 1 is 1.20 bits per heavy atom. The average Bonchev–Trinajstić information content (AvgIpc) is 3.00. The van der Waals surface area contributed by atoms with Crippen LogP contribution in [0, 0.1) is 0 Å². The minimum absolute atomic E-state index is 0.148. The smallest absolute Gasteiger partial charge is 0.263 e. The maximum Gasteiger partial charge on any atom is 0.263 e. The molecule has 6 nitrogen and oxygen atoms in total. The monoisotopic (exact) mass is 339 g/mol. The number of anilines is 1. The van der Waals surface area contributed by atoms with Crippen LogP contribution in [0.5, 0.6) is 0 Å². The number of aryl methyl sites for hydroxylation is 1. The van der Waals surface area contributed by atoms with Crippen molar-refractivity contribution in [1.82, 2.24) is 19.7 Å². The molecule has 25 heavy (non-hydrogen) atoms. The van der Waals surface area contributed by atoms with Gasteiger partial charge in [-0.05, 0) is 39.2 Å². The van der Waals surface area contributed by atoms with Gasteiger partial charge in [-0.2, -0.15) is 10.1 Å². The minimum Gasteiger partial charge on any atom is -0.345 e. The van der Waals surface area contributed by atoms with E-state index in [1.165, 1.54) is 5.56 Å². The molecule has 0 saturated carbocycles. The van der Waals surface area contributed by atoms with Gasteiger partial charge in [0.25, 0.3) is 5.56 Å². The van der Waals surface area contributed by atoms with Crippen molar-refractivity contribution >= 4 is 17.0 Å². The highest BCUT2D eigenvalue weighted by atomic mass is 16.1. The van der Waals surface area contributed by atoms with Gasteiger partial charge >= 0.3 is 0 Å².